The Morgan fingerprint density at radius 1 is 1.82 bits per heavy atom. The highest BCUT2D eigenvalue weighted by atomic mass is 35.5. The van der Waals surface area contributed by atoms with Gasteiger partial charge in [0.1, 0.15) is 11.0 Å². The van der Waals surface area contributed by atoms with Crippen molar-refractivity contribution in [3.8, 4) is 0 Å². The van der Waals surface area contributed by atoms with E-state index in [1.165, 1.54) is 11.3 Å². The van der Waals surface area contributed by atoms with Crippen LogP contribution in [0.15, 0.2) is 5.38 Å². The van der Waals surface area contributed by atoms with Gasteiger partial charge in [-0.1, -0.05) is 11.6 Å². The highest BCUT2D eigenvalue weighted by Gasteiger charge is 2.08. The van der Waals surface area contributed by atoms with Gasteiger partial charge < -0.3 is 5.32 Å². The predicted octanol–water partition coefficient (Wildman–Crippen LogP) is 2.44. The van der Waals surface area contributed by atoms with Crippen LogP contribution in [-0.4, -0.2) is 6.41 Å². The van der Waals surface area contributed by atoms with Crippen LogP contribution in [0.1, 0.15) is 5.56 Å². The average molecular weight is 194 g/mol. The summed E-state index contributed by atoms with van der Waals surface area (Å²) in [5.74, 6) is 0. The van der Waals surface area contributed by atoms with Gasteiger partial charge in [-0.05, 0) is 0 Å². The molecule has 0 aromatic carbocycles. The van der Waals surface area contributed by atoms with Crippen LogP contribution in [0.4, 0.5) is 10.1 Å². The van der Waals surface area contributed by atoms with Gasteiger partial charge in [-0.15, -0.1) is 11.3 Å². The van der Waals surface area contributed by atoms with E-state index < -0.39 is 6.67 Å². The van der Waals surface area contributed by atoms with E-state index in [-0.39, 0.29) is 0 Å². The summed E-state index contributed by atoms with van der Waals surface area (Å²) in [6.07, 6.45) is 0.479. The van der Waals surface area contributed by atoms with Gasteiger partial charge in [0.05, 0.1) is 5.69 Å². The Hall–Kier alpha value is -0.610. The van der Waals surface area contributed by atoms with Crippen molar-refractivity contribution in [1.29, 1.82) is 0 Å². The first-order valence-corrected chi connectivity index (χ1v) is 4.07. The lowest BCUT2D eigenvalue weighted by Crippen LogP contribution is -1.94. The van der Waals surface area contributed by atoms with Crippen LogP contribution < -0.4 is 5.32 Å². The van der Waals surface area contributed by atoms with Crippen molar-refractivity contribution >= 4 is 35.0 Å². The Kier molecular flexibility index (Phi) is 2.84. The number of thiophene rings is 1. The van der Waals surface area contributed by atoms with Gasteiger partial charge in [-0.3, -0.25) is 4.79 Å². The maximum Gasteiger partial charge on any atom is 0.211 e. The van der Waals surface area contributed by atoms with Crippen molar-refractivity contribution in [2.75, 3.05) is 5.32 Å². The molecule has 0 saturated heterocycles. The molecule has 0 spiro atoms. The molecule has 1 amide bonds. The van der Waals surface area contributed by atoms with Crippen molar-refractivity contribution in [2.45, 2.75) is 6.67 Å². The summed E-state index contributed by atoms with van der Waals surface area (Å²) in [4.78, 5) is 10.0. The molecule has 2 nitrogen and oxygen atoms in total. The van der Waals surface area contributed by atoms with Gasteiger partial charge >= 0.3 is 0 Å². The van der Waals surface area contributed by atoms with Gasteiger partial charge in [-0.25, -0.2) is 4.39 Å². The second kappa shape index (κ2) is 3.69. The molecule has 0 aliphatic rings. The van der Waals surface area contributed by atoms with E-state index in [2.05, 4.69) is 5.32 Å². The summed E-state index contributed by atoms with van der Waals surface area (Å²) in [7, 11) is 0. The molecule has 1 rings (SSSR count). The number of nitrogens with one attached hydrogen (secondary N) is 1. The zero-order chi connectivity index (χ0) is 8.27. The third-order valence-electron chi connectivity index (χ3n) is 1.17. The maximum absolute atomic E-state index is 12.1. The fourth-order valence-corrected chi connectivity index (χ4v) is 1.72. The minimum atomic E-state index is -0.612. The van der Waals surface area contributed by atoms with Crippen molar-refractivity contribution in [3.05, 3.63) is 15.3 Å². The monoisotopic (exact) mass is 193 g/mol. The van der Waals surface area contributed by atoms with Crippen molar-refractivity contribution in [3.63, 3.8) is 0 Å². The third kappa shape index (κ3) is 1.70. The van der Waals surface area contributed by atoms with Gasteiger partial charge in [0.2, 0.25) is 6.41 Å². The predicted molar refractivity (Wildman–Crippen MR) is 43.8 cm³/mol. The molecule has 0 fully saturated rings. The summed E-state index contributed by atoms with van der Waals surface area (Å²) in [6, 6.07) is 0. The van der Waals surface area contributed by atoms with E-state index in [4.69, 9.17) is 11.6 Å². The number of hydrogen-bond acceptors (Lipinski definition) is 2. The average Bonchev–Trinajstić information content (AvgIpc) is 2.34. The molecule has 0 aliphatic heterocycles. The van der Waals surface area contributed by atoms with Gasteiger partial charge in [-0.2, -0.15) is 0 Å². The van der Waals surface area contributed by atoms with E-state index in [1.54, 1.807) is 5.38 Å². The number of hydrogen-bond donors (Lipinski definition) is 1. The number of carbonyl (C=O) groups is 1. The molecule has 1 N–H and O–H groups in total. The van der Waals surface area contributed by atoms with Gasteiger partial charge in [0, 0.05) is 10.9 Å². The van der Waals surface area contributed by atoms with Crippen LogP contribution in [0, 0.1) is 0 Å². The number of carbonyl (C=O) groups excluding carboxylic acids is 1. The third-order valence-corrected chi connectivity index (χ3v) is 2.44. The molecule has 5 heteroatoms. The minimum absolute atomic E-state index is 0.383. The molecule has 1 aromatic rings. The van der Waals surface area contributed by atoms with Crippen LogP contribution >= 0.6 is 22.9 Å². The lowest BCUT2D eigenvalue weighted by Gasteiger charge is -1.96. The standard InChI is InChI=1S/C6H5ClFNOS/c7-6-5(9-3-10)4(1-8)2-11-6/h2-3H,1H2,(H,9,10). The summed E-state index contributed by atoms with van der Waals surface area (Å²) >= 11 is 6.83. The Labute approximate surface area is 72.0 Å². The van der Waals surface area contributed by atoms with Crippen LogP contribution in [0.3, 0.4) is 0 Å². The SMILES string of the molecule is O=CNc1c(CF)csc1Cl. The first-order chi connectivity index (χ1) is 5.29. The number of amides is 1. The van der Waals surface area contributed by atoms with Crippen LogP contribution in [0.5, 0.6) is 0 Å². The minimum Gasteiger partial charge on any atom is -0.326 e. The zero-order valence-electron chi connectivity index (χ0n) is 5.43. The Bertz CT molecular complexity index is 263. The van der Waals surface area contributed by atoms with Crippen molar-refractivity contribution in [1.82, 2.24) is 0 Å². The molecule has 60 valence electrons. The molecule has 1 aromatic heterocycles. The van der Waals surface area contributed by atoms with Gasteiger partial charge in [0.25, 0.3) is 0 Å². The summed E-state index contributed by atoms with van der Waals surface area (Å²) < 4.78 is 12.5. The molecule has 0 radical (unpaired) electrons. The van der Waals surface area contributed by atoms with Crippen LogP contribution in [-0.2, 0) is 11.5 Å². The maximum atomic E-state index is 12.1. The molecular formula is C6H5ClFNOS. The van der Waals surface area contributed by atoms with E-state index in [9.17, 15) is 9.18 Å². The Morgan fingerprint density at radius 3 is 3.09 bits per heavy atom. The number of alkyl halides is 1. The fraction of sp³-hybridized carbons (Fsp3) is 0.167. The summed E-state index contributed by atoms with van der Waals surface area (Å²) in [6.45, 7) is -0.612. The smallest absolute Gasteiger partial charge is 0.211 e. The molecule has 0 bridgehead atoms. The molecule has 0 saturated carbocycles. The quantitative estimate of drug-likeness (QED) is 0.734. The molecule has 0 unspecified atom stereocenters. The highest BCUT2D eigenvalue weighted by molar-refractivity contribution is 7.15. The van der Waals surface area contributed by atoms with Crippen molar-refractivity contribution < 1.29 is 9.18 Å². The van der Waals surface area contributed by atoms with Gasteiger partial charge in [0.15, 0.2) is 0 Å². The Balaban J connectivity index is 2.96. The first-order valence-electron chi connectivity index (χ1n) is 2.81. The topological polar surface area (TPSA) is 29.1 Å². The summed E-state index contributed by atoms with van der Waals surface area (Å²) in [5.41, 5.74) is 0.807. The number of halogens is 2. The highest BCUT2D eigenvalue weighted by Crippen LogP contribution is 2.32. The number of anilines is 1. The van der Waals surface area contributed by atoms with Crippen LogP contribution in [0.2, 0.25) is 4.34 Å². The lowest BCUT2D eigenvalue weighted by atomic mass is 10.3. The lowest BCUT2D eigenvalue weighted by molar-refractivity contribution is -0.105. The first kappa shape index (κ1) is 8.49. The normalized spacial score (nSPS) is 9.64. The van der Waals surface area contributed by atoms with Crippen molar-refractivity contribution in [2.24, 2.45) is 0 Å². The largest absolute Gasteiger partial charge is 0.326 e. The second-order valence-electron chi connectivity index (χ2n) is 1.81. The fourth-order valence-electron chi connectivity index (χ4n) is 0.674. The summed E-state index contributed by atoms with van der Waals surface area (Å²) in [5, 5.41) is 3.91. The van der Waals surface area contributed by atoms with E-state index in [0.717, 1.165) is 0 Å². The zero-order valence-corrected chi connectivity index (χ0v) is 7.01. The molecule has 1 heterocycles. The van der Waals surface area contributed by atoms with Crippen LogP contribution in [0.25, 0.3) is 0 Å². The second-order valence-corrected chi connectivity index (χ2v) is 3.29. The van der Waals surface area contributed by atoms with E-state index in [1.807, 2.05) is 0 Å². The molecular weight excluding hydrogens is 189 g/mol. The Morgan fingerprint density at radius 2 is 2.55 bits per heavy atom. The number of rotatable bonds is 3. The molecule has 11 heavy (non-hydrogen) atoms. The van der Waals surface area contributed by atoms with E-state index in [0.29, 0.717) is 22.0 Å². The molecule has 0 atom stereocenters. The molecule has 0 aliphatic carbocycles. The van der Waals surface area contributed by atoms with E-state index >= 15 is 0 Å².